The summed E-state index contributed by atoms with van der Waals surface area (Å²) in [5.41, 5.74) is 2.35. The number of rotatable bonds is 8. The number of thiophene rings is 1. The van der Waals surface area contributed by atoms with Crippen LogP contribution in [0.2, 0.25) is 0 Å². The fourth-order valence-electron chi connectivity index (χ4n) is 4.15. The molecule has 0 atom stereocenters. The maximum Gasteiger partial charge on any atom is 0.222 e. The molecule has 2 N–H and O–H groups in total. The lowest BCUT2D eigenvalue weighted by Gasteiger charge is -2.33. The summed E-state index contributed by atoms with van der Waals surface area (Å²) in [6.45, 7) is 1.03. The van der Waals surface area contributed by atoms with E-state index in [1.165, 1.54) is 37.8 Å². The molecule has 4 rings (SSSR count). The first-order chi connectivity index (χ1) is 15.1. The van der Waals surface area contributed by atoms with E-state index in [4.69, 9.17) is 12.2 Å². The van der Waals surface area contributed by atoms with E-state index in [2.05, 4.69) is 51.7 Å². The van der Waals surface area contributed by atoms with Gasteiger partial charge >= 0.3 is 0 Å². The standard InChI is InChI=1S/C23H29N5OS2/c1-27(18-6-3-2-4-7-18)19-11-9-17(10-12-19)16-24-21(29)13-14-28-22(25-26-23(28)30)20-8-5-15-31-20/h5,8-12,15,18H,2-4,6-7,13-14,16H2,1H3,(H,24,29)(H,26,30). The van der Waals surface area contributed by atoms with E-state index in [-0.39, 0.29) is 5.91 Å². The fraction of sp³-hybridized carbons (Fsp3) is 0.435. The predicted molar refractivity (Wildman–Crippen MR) is 129 cm³/mol. The van der Waals surface area contributed by atoms with Crippen LogP contribution in [-0.4, -0.2) is 33.8 Å². The Bertz CT molecular complexity index is 1030. The lowest BCUT2D eigenvalue weighted by Crippen LogP contribution is -2.33. The monoisotopic (exact) mass is 455 g/mol. The van der Waals surface area contributed by atoms with Gasteiger partial charge in [-0.05, 0) is 54.2 Å². The zero-order valence-electron chi connectivity index (χ0n) is 17.8. The number of hydrogen-bond donors (Lipinski definition) is 2. The third-order valence-corrected chi connectivity index (χ3v) is 7.20. The molecule has 6 nitrogen and oxygen atoms in total. The summed E-state index contributed by atoms with van der Waals surface area (Å²) < 4.78 is 2.42. The summed E-state index contributed by atoms with van der Waals surface area (Å²) in [7, 11) is 2.19. The van der Waals surface area contributed by atoms with Gasteiger partial charge in [0.2, 0.25) is 5.91 Å². The third kappa shape index (κ3) is 5.43. The number of anilines is 1. The minimum atomic E-state index is 0.00336. The normalized spacial score (nSPS) is 14.5. The number of aromatic nitrogens is 3. The topological polar surface area (TPSA) is 66.0 Å². The molecule has 0 aliphatic heterocycles. The van der Waals surface area contributed by atoms with Crippen LogP contribution in [0.15, 0.2) is 41.8 Å². The quantitative estimate of drug-likeness (QED) is 0.461. The maximum atomic E-state index is 12.4. The molecule has 1 saturated carbocycles. The van der Waals surface area contributed by atoms with Gasteiger partial charge in [-0.2, -0.15) is 5.10 Å². The molecule has 2 aromatic heterocycles. The number of aromatic amines is 1. The molecular weight excluding hydrogens is 426 g/mol. The largest absolute Gasteiger partial charge is 0.372 e. The van der Waals surface area contributed by atoms with Crippen LogP contribution in [-0.2, 0) is 17.9 Å². The Morgan fingerprint density at radius 3 is 2.74 bits per heavy atom. The maximum absolute atomic E-state index is 12.4. The van der Waals surface area contributed by atoms with Crippen molar-refractivity contribution in [1.29, 1.82) is 0 Å². The molecule has 0 saturated heterocycles. The highest BCUT2D eigenvalue weighted by atomic mass is 32.1. The van der Waals surface area contributed by atoms with Crippen molar-refractivity contribution >= 4 is 35.1 Å². The average Bonchev–Trinajstić information content (AvgIpc) is 3.46. The first kappa shape index (κ1) is 21.8. The Balaban J connectivity index is 1.28. The summed E-state index contributed by atoms with van der Waals surface area (Å²) in [6, 6.07) is 13.2. The molecule has 1 aliphatic rings. The zero-order valence-corrected chi connectivity index (χ0v) is 19.5. The van der Waals surface area contributed by atoms with E-state index in [1.807, 2.05) is 22.1 Å². The van der Waals surface area contributed by atoms with Crippen molar-refractivity contribution in [3.63, 3.8) is 0 Å². The van der Waals surface area contributed by atoms with Crippen LogP contribution in [0.1, 0.15) is 44.1 Å². The summed E-state index contributed by atoms with van der Waals surface area (Å²) in [5.74, 6) is 0.786. The van der Waals surface area contributed by atoms with Crippen LogP contribution in [0, 0.1) is 4.77 Å². The molecule has 3 aromatic rings. The lowest BCUT2D eigenvalue weighted by atomic mass is 9.94. The van der Waals surface area contributed by atoms with Gasteiger partial charge in [0.05, 0.1) is 4.88 Å². The predicted octanol–water partition coefficient (Wildman–Crippen LogP) is 5.14. The van der Waals surface area contributed by atoms with Gasteiger partial charge in [0.15, 0.2) is 10.6 Å². The van der Waals surface area contributed by atoms with Crippen LogP contribution < -0.4 is 10.2 Å². The van der Waals surface area contributed by atoms with E-state index in [0.717, 1.165) is 16.3 Å². The van der Waals surface area contributed by atoms with Crippen molar-refractivity contribution in [3.05, 3.63) is 52.1 Å². The molecular formula is C23H29N5OS2. The fourth-order valence-corrected chi connectivity index (χ4v) is 5.10. The minimum Gasteiger partial charge on any atom is -0.372 e. The highest BCUT2D eigenvalue weighted by Crippen LogP contribution is 2.26. The second-order valence-corrected chi connectivity index (χ2v) is 9.41. The summed E-state index contributed by atoms with van der Waals surface area (Å²) in [4.78, 5) is 15.8. The average molecular weight is 456 g/mol. The molecule has 0 spiro atoms. The van der Waals surface area contributed by atoms with E-state index < -0.39 is 0 Å². The van der Waals surface area contributed by atoms with E-state index >= 15 is 0 Å². The van der Waals surface area contributed by atoms with E-state index in [1.54, 1.807) is 11.3 Å². The molecule has 0 unspecified atom stereocenters. The van der Waals surface area contributed by atoms with Gasteiger partial charge in [-0.15, -0.1) is 11.3 Å². The molecule has 1 aromatic carbocycles. The van der Waals surface area contributed by atoms with Crippen LogP contribution >= 0.6 is 23.6 Å². The number of carbonyl (C=O) groups excluding carboxylic acids is 1. The number of H-pyrrole nitrogens is 1. The summed E-state index contributed by atoms with van der Waals surface area (Å²) in [5, 5.41) is 12.2. The van der Waals surface area contributed by atoms with Crippen LogP contribution in [0.3, 0.4) is 0 Å². The number of carbonyl (C=O) groups is 1. The lowest BCUT2D eigenvalue weighted by molar-refractivity contribution is -0.121. The SMILES string of the molecule is CN(c1ccc(CNC(=O)CCn2c(-c3cccs3)n[nH]c2=S)cc1)C1CCCCC1. The Labute approximate surface area is 192 Å². The van der Waals surface area contributed by atoms with Crippen molar-refractivity contribution in [2.24, 2.45) is 0 Å². The zero-order chi connectivity index (χ0) is 21.6. The van der Waals surface area contributed by atoms with Gasteiger partial charge in [0.1, 0.15) is 0 Å². The number of benzene rings is 1. The van der Waals surface area contributed by atoms with Gasteiger partial charge in [0, 0.05) is 38.3 Å². The highest BCUT2D eigenvalue weighted by Gasteiger charge is 2.18. The molecule has 31 heavy (non-hydrogen) atoms. The highest BCUT2D eigenvalue weighted by molar-refractivity contribution is 7.71. The summed E-state index contributed by atoms with van der Waals surface area (Å²) in [6.07, 6.45) is 6.95. The number of hydrogen-bond acceptors (Lipinski definition) is 5. The van der Waals surface area contributed by atoms with Crippen molar-refractivity contribution in [2.45, 2.75) is 57.7 Å². The van der Waals surface area contributed by atoms with E-state index in [0.29, 0.717) is 30.3 Å². The molecule has 0 radical (unpaired) electrons. The smallest absolute Gasteiger partial charge is 0.222 e. The van der Waals surface area contributed by atoms with Gasteiger partial charge in [-0.25, -0.2) is 0 Å². The second kappa shape index (κ2) is 10.2. The Morgan fingerprint density at radius 2 is 2.03 bits per heavy atom. The molecule has 2 heterocycles. The molecule has 1 fully saturated rings. The number of nitrogens with one attached hydrogen (secondary N) is 2. The minimum absolute atomic E-state index is 0.00336. The van der Waals surface area contributed by atoms with Gasteiger partial charge in [-0.1, -0.05) is 37.5 Å². The van der Waals surface area contributed by atoms with Gasteiger partial charge in [-0.3, -0.25) is 14.5 Å². The number of nitrogens with zero attached hydrogens (tertiary/aromatic N) is 3. The van der Waals surface area contributed by atoms with Crippen molar-refractivity contribution < 1.29 is 4.79 Å². The van der Waals surface area contributed by atoms with Crippen LogP contribution in [0.4, 0.5) is 5.69 Å². The van der Waals surface area contributed by atoms with Gasteiger partial charge in [0.25, 0.3) is 0 Å². The molecule has 8 heteroatoms. The van der Waals surface area contributed by atoms with Crippen molar-refractivity contribution in [1.82, 2.24) is 20.1 Å². The Hall–Kier alpha value is -2.45. The van der Waals surface area contributed by atoms with Crippen molar-refractivity contribution in [3.8, 4) is 10.7 Å². The third-order valence-electron chi connectivity index (χ3n) is 6.02. The molecule has 1 amide bonds. The first-order valence-corrected chi connectivity index (χ1v) is 12.2. The van der Waals surface area contributed by atoms with Gasteiger partial charge < -0.3 is 10.2 Å². The second-order valence-electron chi connectivity index (χ2n) is 8.08. The Kier molecular flexibility index (Phi) is 7.19. The van der Waals surface area contributed by atoms with E-state index in [9.17, 15) is 4.79 Å². The first-order valence-electron chi connectivity index (χ1n) is 10.9. The molecule has 164 valence electrons. The van der Waals surface area contributed by atoms with Crippen molar-refractivity contribution in [2.75, 3.05) is 11.9 Å². The number of amides is 1. The Morgan fingerprint density at radius 1 is 1.26 bits per heavy atom. The summed E-state index contributed by atoms with van der Waals surface area (Å²) >= 11 is 6.94. The molecule has 0 bridgehead atoms. The van der Waals surface area contributed by atoms with Crippen LogP contribution in [0.25, 0.3) is 10.7 Å². The molecule has 1 aliphatic carbocycles. The van der Waals surface area contributed by atoms with Crippen LogP contribution in [0.5, 0.6) is 0 Å².